The fraction of sp³-hybridized carbons (Fsp3) is 0.950. The Bertz CT molecular complexity index is 799. The van der Waals surface area contributed by atoms with Crippen molar-refractivity contribution in [3.63, 3.8) is 0 Å². The minimum absolute atomic E-state index is 0.0388. The summed E-state index contributed by atoms with van der Waals surface area (Å²) < 4.78 is 23.5. The maximum Gasteiger partial charge on any atom is 0.472 e. The van der Waals surface area contributed by atoms with Crippen LogP contribution in [-0.4, -0.2) is 61.8 Å². The predicted molar refractivity (Wildman–Crippen MR) is 203 cm³/mol. The summed E-state index contributed by atoms with van der Waals surface area (Å²) in [5.74, 6) is -0.688. The minimum Gasteiger partial charge on any atom is -0.329 e. The molecule has 0 aliphatic rings. The molecule has 0 saturated carbocycles. The van der Waals surface area contributed by atoms with Crippen molar-refractivity contribution in [2.24, 2.45) is 5.92 Å². The van der Waals surface area contributed by atoms with Crippen LogP contribution < -0.4 is 0 Å². The molecule has 1 unspecified atom stereocenters. The van der Waals surface area contributed by atoms with Crippen molar-refractivity contribution in [1.82, 2.24) is 0 Å². The predicted octanol–water partition coefficient (Wildman–Crippen LogP) is 11.9. The molecule has 0 aliphatic heterocycles. The Kier molecular flexibility index (Phi) is 31.9. The summed E-state index contributed by atoms with van der Waals surface area (Å²) in [5.41, 5.74) is 0. The van der Waals surface area contributed by atoms with Crippen LogP contribution in [0.15, 0.2) is 0 Å². The summed E-state index contributed by atoms with van der Waals surface area (Å²) in [5, 5.41) is 0. The van der Waals surface area contributed by atoms with Gasteiger partial charge in [-0.05, 0) is 12.8 Å². The maximum absolute atomic E-state index is 13.2. The molecule has 0 heterocycles. The number of carbonyl (C=O) groups is 2. The lowest BCUT2D eigenvalue weighted by atomic mass is 9.92. The Labute approximate surface area is 298 Å². The molecule has 0 amide bonds. The monoisotopic (exact) mass is 703 g/mol. The number of hydrogen-bond acceptors (Lipinski definition) is 5. The highest BCUT2D eigenvalue weighted by Crippen LogP contribution is 2.43. The van der Waals surface area contributed by atoms with E-state index in [-0.39, 0.29) is 31.2 Å². The van der Waals surface area contributed by atoms with Crippen molar-refractivity contribution in [3.8, 4) is 0 Å². The van der Waals surface area contributed by atoms with Gasteiger partial charge in [-0.2, -0.15) is 0 Å². The van der Waals surface area contributed by atoms with Crippen LogP contribution in [0.5, 0.6) is 0 Å². The number of Topliss-reactive ketones (excluding diaryl/α,β-unsaturated/α-hetero) is 2. The Morgan fingerprint density at radius 2 is 0.917 bits per heavy atom. The Morgan fingerprint density at radius 3 is 1.29 bits per heavy atom. The first-order valence-electron chi connectivity index (χ1n) is 20.5. The van der Waals surface area contributed by atoms with Crippen LogP contribution in [0.4, 0.5) is 0 Å². The van der Waals surface area contributed by atoms with Gasteiger partial charge < -0.3 is 9.38 Å². The molecule has 48 heavy (non-hydrogen) atoms. The highest BCUT2D eigenvalue weighted by atomic mass is 31.2. The zero-order chi connectivity index (χ0) is 35.8. The fourth-order valence-corrected chi connectivity index (χ4v) is 6.91. The summed E-state index contributed by atoms with van der Waals surface area (Å²) in [6.45, 7) is 4.89. The summed E-state index contributed by atoms with van der Waals surface area (Å²) in [4.78, 5) is 36.3. The molecular weight excluding hydrogens is 621 g/mol. The number of unbranched alkanes of at least 4 members (excludes halogenated alkanes) is 24. The highest BCUT2D eigenvalue weighted by molar-refractivity contribution is 7.47. The van der Waals surface area contributed by atoms with E-state index in [1.165, 1.54) is 128 Å². The molecule has 0 aromatic rings. The zero-order valence-electron chi connectivity index (χ0n) is 32.6. The van der Waals surface area contributed by atoms with Gasteiger partial charge in [-0.1, -0.05) is 168 Å². The van der Waals surface area contributed by atoms with E-state index in [1.54, 1.807) is 0 Å². The van der Waals surface area contributed by atoms with Crippen LogP contribution in [0, 0.1) is 5.92 Å². The largest absolute Gasteiger partial charge is 0.472 e. The summed E-state index contributed by atoms with van der Waals surface area (Å²) in [6.07, 6.45) is 33.3. The van der Waals surface area contributed by atoms with Crippen molar-refractivity contribution < 1.29 is 32.6 Å². The molecule has 0 aromatic carbocycles. The average molecular weight is 703 g/mol. The van der Waals surface area contributed by atoms with Crippen LogP contribution in [0.25, 0.3) is 0 Å². The average Bonchev–Trinajstić information content (AvgIpc) is 3.02. The molecule has 0 radical (unpaired) electrons. The van der Waals surface area contributed by atoms with E-state index in [1.807, 2.05) is 21.1 Å². The summed E-state index contributed by atoms with van der Waals surface area (Å²) >= 11 is 0. The van der Waals surface area contributed by atoms with Gasteiger partial charge in [-0.15, -0.1) is 0 Å². The third-order valence-electron chi connectivity index (χ3n) is 9.47. The normalized spacial score (nSPS) is 13.9. The molecule has 1 N–H and O–H groups in total. The van der Waals surface area contributed by atoms with E-state index in [4.69, 9.17) is 9.05 Å². The molecule has 8 heteroatoms. The molecule has 0 aliphatic carbocycles. The third-order valence-corrected chi connectivity index (χ3v) is 10.5. The van der Waals surface area contributed by atoms with Gasteiger partial charge in [0, 0.05) is 25.2 Å². The number of phosphoric ester groups is 1. The van der Waals surface area contributed by atoms with E-state index >= 15 is 0 Å². The first kappa shape index (κ1) is 47.4. The van der Waals surface area contributed by atoms with Gasteiger partial charge in [-0.3, -0.25) is 18.6 Å². The van der Waals surface area contributed by atoms with Gasteiger partial charge in [-0.25, -0.2) is 4.57 Å². The summed E-state index contributed by atoms with van der Waals surface area (Å²) in [7, 11) is 1.62. The number of phosphoric acid groups is 1. The number of ketones is 2. The van der Waals surface area contributed by atoms with E-state index in [9.17, 15) is 19.0 Å². The molecule has 0 spiro atoms. The van der Waals surface area contributed by atoms with Gasteiger partial charge in [0.1, 0.15) is 24.7 Å². The van der Waals surface area contributed by atoms with Crippen molar-refractivity contribution in [2.75, 3.05) is 40.9 Å². The Morgan fingerprint density at radius 1 is 0.562 bits per heavy atom. The standard InChI is InChI=1S/C40H80NO6P/c1-6-8-10-12-14-16-18-20-22-24-26-28-30-32-39(42)36-38(37-47-48(44,45)46-35-34-41(3,4)5)40(43)33-31-29-27-25-23-21-19-17-15-13-11-9-7-2/h38H,6-37H2,1-5H3/p+1/t38-/m0/s1. The Balaban J connectivity index is 4.42. The zero-order valence-corrected chi connectivity index (χ0v) is 33.5. The van der Waals surface area contributed by atoms with Crippen LogP contribution in [-0.2, 0) is 23.2 Å². The molecule has 0 rings (SSSR count). The van der Waals surface area contributed by atoms with Gasteiger partial charge >= 0.3 is 7.82 Å². The van der Waals surface area contributed by atoms with Crippen molar-refractivity contribution in [2.45, 2.75) is 200 Å². The number of quaternary nitrogens is 1. The van der Waals surface area contributed by atoms with Crippen molar-refractivity contribution in [1.29, 1.82) is 0 Å². The van der Waals surface area contributed by atoms with Crippen LogP contribution >= 0.6 is 7.82 Å². The topological polar surface area (TPSA) is 89.9 Å². The van der Waals surface area contributed by atoms with Crippen molar-refractivity contribution >= 4 is 19.4 Å². The second kappa shape index (κ2) is 32.3. The summed E-state index contributed by atoms with van der Waals surface area (Å²) in [6, 6.07) is 0. The molecule has 0 fully saturated rings. The highest BCUT2D eigenvalue weighted by Gasteiger charge is 2.28. The molecule has 2 atom stereocenters. The molecule has 0 bridgehead atoms. The van der Waals surface area contributed by atoms with E-state index < -0.39 is 13.7 Å². The molecular formula is C40H81NO6P+. The van der Waals surface area contributed by atoms with Gasteiger partial charge in [0.15, 0.2) is 0 Å². The first-order valence-corrected chi connectivity index (χ1v) is 22.0. The van der Waals surface area contributed by atoms with Crippen molar-refractivity contribution in [3.05, 3.63) is 0 Å². The smallest absolute Gasteiger partial charge is 0.329 e. The number of rotatable bonds is 38. The van der Waals surface area contributed by atoms with E-state index in [0.29, 0.717) is 23.9 Å². The SMILES string of the molecule is CCCCCCCCCCCCCCCC(=O)C[C@@H](COP(=O)(O)OCC[N+](C)(C)C)C(=O)CCCCCCCCCCCCCCC. The quantitative estimate of drug-likeness (QED) is 0.0391. The van der Waals surface area contributed by atoms with Gasteiger partial charge in [0.2, 0.25) is 0 Å². The van der Waals surface area contributed by atoms with Crippen LogP contribution in [0.3, 0.4) is 0 Å². The second-order valence-electron chi connectivity index (χ2n) is 15.5. The lowest BCUT2D eigenvalue weighted by molar-refractivity contribution is -0.870. The fourth-order valence-electron chi connectivity index (χ4n) is 6.16. The second-order valence-corrected chi connectivity index (χ2v) is 17.0. The maximum atomic E-state index is 13.2. The number of likely N-dealkylation sites (N-methyl/N-ethyl adjacent to an activating group) is 1. The van der Waals surface area contributed by atoms with Crippen LogP contribution in [0.1, 0.15) is 200 Å². The lowest BCUT2D eigenvalue weighted by Crippen LogP contribution is -2.37. The van der Waals surface area contributed by atoms with E-state index in [0.717, 1.165) is 38.5 Å². The third kappa shape index (κ3) is 33.9. The molecule has 0 aromatic heterocycles. The lowest BCUT2D eigenvalue weighted by Gasteiger charge is -2.24. The molecule has 0 saturated heterocycles. The number of carbonyl (C=O) groups excluding carboxylic acids is 2. The Hall–Kier alpha value is -0.590. The number of hydrogen-bond donors (Lipinski definition) is 1. The minimum atomic E-state index is -4.30. The number of nitrogens with zero attached hydrogens (tertiary/aromatic N) is 1. The van der Waals surface area contributed by atoms with E-state index in [2.05, 4.69) is 13.8 Å². The van der Waals surface area contributed by atoms with Crippen LogP contribution in [0.2, 0.25) is 0 Å². The van der Waals surface area contributed by atoms with Gasteiger partial charge in [0.05, 0.1) is 27.7 Å². The molecule has 286 valence electrons. The van der Waals surface area contributed by atoms with Gasteiger partial charge in [0.25, 0.3) is 0 Å². The first-order chi connectivity index (χ1) is 23.0. The molecule has 7 nitrogen and oxygen atoms in total.